The van der Waals surface area contributed by atoms with E-state index >= 15 is 0 Å². The van der Waals surface area contributed by atoms with Crippen molar-refractivity contribution in [2.45, 2.75) is 39.7 Å². The normalized spacial score (nSPS) is 14.5. The van der Waals surface area contributed by atoms with Gasteiger partial charge in [0.2, 0.25) is 5.76 Å². The molecule has 0 saturated carbocycles. The molecule has 0 spiro atoms. The van der Waals surface area contributed by atoms with Gasteiger partial charge >= 0.3 is 0 Å². The molecule has 2 heterocycles. The molecule has 3 aromatic carbocycles. The van der Waals surface area contributed by atoms with Gasteiger partial charge in [0.25, 0.3) is 5.91 Å². The number of hydrogen-bond acceptors (Lipinski definition) is 6. The van der Waals surface area contributed by atoms with Crippen molar-refractivity contribution >= 4 is 28.3 Å². The standard InChI is InChI=1S/C31H28FNO6/c1-4-6-15-38-25-13-9-20(16-26(25)37-5-2)28-27-29(35)23-17-21(32)10-14-24(23)39-30(27)31(36)33(28)22-11-7-19(8-12-22)18(3)34/h7-14,16-17,28H,4-6,15H2,1-3H3. The predicted octanol–water partition coefficient (Wildman–Crippen LogP) is 6.46. The molecule has 1 aliphatic heterocycles. The number of halogens is 1. The number of anilines is 1. The van der Waals surface area contributed by atoms with Gasteiger partial charge in [-0.1, -0.05) is 19.4 Å². The predicted molar refractivity (Wildman–Crippen MR) is 146 cm³/mol. The lowest BCUT2D eigenvalue weighted by molar-refractivity contribution is 0.0970. The second kappa shape index (κ2) is 10.7. The summed E-state index contributed by atoms with van der Waals surface area (Å²) in [7, 11) is 0. The molecule has 5 rings (SSSR count). The highest BCUT2D eigenvalue weighted by Crippen LogP contribution is 2.43. The highest BCUT2D eigenvalue weighted by Gasteiger charge is 2.44. The minimum atomic E-state index is -0.886. The van der Waals surface area contributed by atoms with E-state index in [0.717, 1.165) is 18.9 Å². The zero-order valence-corrected chi connectivity index (χ0v) is 22.0. The van der Waals surface area contributed by atoms with E-state index in [1.807, 2.05) is 6.92 Å². The lowest BCUT2D eigenvalue weighted by atomic mass is 9.97. The number of ether oxygens (including phenoxy) is 2. The maximum Gasteiger partial charge on any atom is 0.295 e. The molecular weight excluding hydrogens is 501 g/mol. The van der Waals surface area contributed by atoms with Crippen LogP contribution in [0, 0.1) is 5.82 Å². The Hall–Kier alpha value is -4.46. The highest BCUT2D eigenvalue weighted by molar-refractivity contribution is 6.11. The topological polar surface area (TPSA) is 86.0 Å². The molecule has 0 aliphatic carbocycles. The van der Waals surface area contributed by atoms with Crippen molar-refractivity contribution in [3.8, 4) is 11.5 Å². The van der Waals surface area contributed by atoms with Crippen LogP contribution in [-0.4, -0.2) is 24.9 Å². The summed E-state index contributed by atoms with van der Waals surface area (Å²) < 4.78 is 31.8. The SMILES string of the molecule is CCCCOc1ccc(C2c3c(oc4ccc(F)cc4c3=O)C(=O)N2c2ccc(C(C)=O)cc2)cc1OCC. The number of carbonyl (C=O) groups is 2. The molecule has 1 amide bonds. The molecule has 1 aliphatic rings. The molecule has 4 aromatic rings. The fourth-order valence-electron chi connectivity index (χ4n) is 4.79. The Bertz CT molecular complexity index is 1630. The molecule has 0 radical (unpaired) electrons. The van der Waals surface area contributed by atoms with Crippen LogP contribution in [0.4, 0.5) is 10.1 Å². The Kier molecular flexibility index (Phi) is 7.19. The van der Waals surface area contributed by atoms with Crippen LogP contribution < -0.4 is 19.8 Å². The van der Waals surface area contributed by atoms with Crippen molar-refractivity contribution in [1.29, 1.82) is 0 Å². The fourth-order valence-corrected chi connectivity index (χ4v) is 4.79. The molecule has 0 N–H and O–H groups in total. The number of amides is 1. The number of unbranched alkanes of at least 4 members (excludes halogenated alkanes) is 1. The molecule has 1 aromatic heterocycles. The number of ketones is 1. The van der Waals surface area contributed by atoms with Crippen molar-refractivity contribution in [3.05, 3.63) is 99.2 Å². The summed E-state index contributed by atoms with van der Waals surface area (Å²) in [6, 6.07) is 14.6. The average molecular weight is 530 g/mol. The van der Waals surface area contributed by atoms with E-state index in [1.165, 1.54) is 24.0 Å². The average Bonchev–Trinajstić information content (AvgIpc) is 3.22. The van der Waals surface area contributed by atoms with E-state index in [1.54, 1.807) is 42.5 Å². The first-order chi connectivity index (χ1) is 18.8. The van der Waals surface area contributed by atoms with Crippen LogP contribution in [-0.2, 0) is 0 Å². The zero-order chi connectivity index (χ0) is 27.7. The van der Waals surface area contributed by atoms with E-state index in [0.29, 0.717) is 41.5 Å². The molecular formula is C31H28FNO6. The molecule has 0 fully saturated rings. The van der Waals surface area contributed by atoms with Gasteiger partial charge in [-0.3, -0.25) is 19.3 Å². The van der Waals surface area contributed by atoms with Crippen molar-refractivity contribution in [2.24, 2.45) is 0 Å². The van der Waals surface area contributed by atoms with Gasteiger partial charge in [-0.05, 0) is 80.4 Å². The van der Waals surface area contributed by atoms with Crippen LogP contribution >= 0.6 is 0 Å². The summed E-state index contributed by atoms with van der Waals surface area (Å²) in [4.78, 5) is 40.9. The number of carbonyl (C=O) groups excluding carboxylic acids is 2. The number of benzene rings is 3. The summed E-state index contributed by atoms with van der Waals surface area (Å²) in [6.45, 7) is 6.30. The number of rotatable bonds is 9. The molecule has 0 saturated heterocycles. The minimum Gasteiger partial charge on any atom is -0.490 e. The Morgan fingerprint density at radius 1 is 0.974 bits per heavy atom. The Morgan fingerprint density at radius 2 is 1.74 bits per heavy atom. The van der Waals surface area contributed by atoms with Gasteiger partial charge in [-0.25, -0.2) is 4.39 Å². The van der Waals surface area contributed by atoms with Crippen molar-refractivity contribution in [2.75, 3.05) is 18.1 Å². The maximum absolute atomic E-state index is 14.1. The van der Waals surface area contributed by atoms with E-state index < -0.39 is 23.2 Å². The van der Waals surface area contributed by atoms with Crippen LogP contribution in [0.15, 0.2) is 69.9 Å². The first-order valence-corrected chi connectivity index (χ1v) is 12.9. The van der Waals surface area contributed by atoms with Gasteiger partial charge in [0.15, 0.2) is 22.7 Å². The molecule has 7 nitrogen and oxygen atoms in total. The van der Waals surface area contributed by atoms with Crippen molar-refractivity contribution in [1.82, 2.24) is 0 Å². The van der Waals surface area contributed by atoms with Gasteiger partial charge in [0.05, 0.1) is 30.2 Å². The highest BCUT2D eigenvalue weighted by atomic mass is 19.1. The summed E-state index contributed by atoms with van der Waals surface area (Å²) in [5.74, 6) is -0.284. The third-order valence-corrected chi connectivity index (χ3v) is 6.72. The molecule has 39 heavy (non-hydrogen) atoms. The number of fused-ring (bicyclic) bond motifs is 2. The van der Waals surface area contributed by atoms with Crippen LogP contribution in [0.5, 0.6) is 11.5 Å². The van der Waals surface area contributed by atoms with E-state index in [-0.39, 0.29) is 28.1 Å². The molecule has 1 atom stereocenters. The third-order valence-electron chi connectivity index (χ3n) is 6.72. The number of nitrogens with zero attached hydrogens (tertiary/aromatic N) is 1. The Labute approximate surface area is 224 Å². The Morgan fingerprint density at radius 3 is 2.44 bits per heavy atom. The van der Waals surface area contributed by atoms with E-state index in [2.05, 4.69) is 6.92 Å². The van der Waals surface area contributed by atoms with E-state index in [4.69, 9.17) is 13.9 Å². The molecule has 1 unspecified atom stereocenters. The quantitative estimate of drug-likeness (QED) is 0.183. The molecule has 0 bridgehead atoms. The van der Waals surface area contributed by atoms with Gasteiger partial charge in [0.1, 0.15) is 11.4 Å². The lowest BCUT2D eigenvalue weighted by Crippen LogP contribution is -2.29. The van der Waals surface area contributed by atoms with Crippen LogP contribution in [0.1, 0.15) is 71.7 Å². The second-order valence-corrected chi connectivity index (χ2v) is 9.34. The molecule has 200 valence electrons. The fraction of sp³-hybridized carbons (Fsp3) is 0.258. The van der Waals surface area contributed by atoms with Crippen molar-refractivity contribution in [3.63, 3.8) is 0 Å². The van der Waals surface area contributed by atoms with Gasteiger partial charge < -0.3 is 13.9 Å². The largest absolute Gasteiger partial charge is 0.490 e. The van der Waals surface area contributed by atoms with Crippen LogP contribution in [0.2, 0.25) is 0 Å². The molecule has 8 heteroatoms. The summed E-state index contributed by atoms with van der Waals surface area (Å²) >= 11 is 0. The first kappa shape index (κ1) is 26.2. The summed E-state index contributed by atoms with van der Waals surface area (Å²) in [5, 5.41) is 0.0462. The summed E-state index contributed by atoms with van der Waals surface area (Å²) in [5.41, 5.74) is 1.28. The Balaban J connectivity index is 1.71. The first-order valence-electron chi connectivity index (χ1n) is 12.9. The second-order valence-electron chi connectivity index (χ2n) is 9.34. The van der Waals surface area contributed by atoms with E-state index in [9.17, 15) is 18.8 Å². The van der Waals surface area contributed by atoms with Crippen LogP contribution in [0.3, 0.4) is 0 Å². The monoisotopic (exact) mass is 529 g/mol. The third kappa shape index (κ3) is 4.78. The minimum absolute atomic E-state index is 0.0462. The number of Topliss-reactive ketones (excluding diaryl/α,β-unsaturated/α-hetero) is 1. The lowest BCUT2D eigenvalue weighted by Gasteiger charge is -2.26. The van der Waals surface area contributed by atoms with Crippen molar-refractivity contribution < 1.29 is 27.9 Å². The van der Waals surface area contributed by atoms with Gasteiger partial charge in [-0.15, -0.1) is 0 Å². The number of hydrogen-bond donors (Lipinski definition) is 0. The maximum atomic E-state index is 14.1. The zero-order valence-electron chi connectivity index (χ0n) is 22.0. The smallest absolute Gasteiger partial charge is 0.295 e. The van der Waals surface area contributed by atoms with Gasteiger partial charge in [0, 0.05) is 11.3 Å². The summed E-state index contributed by atoms with van der Waals surface area (Å²) in [6.07, 6.45) is 1.86. The van der Waals surface area contributed by atoms with Crippen LogP contribution in [0.25, 0.3) is 11.0 Å². The van der Waals surface area contributed by atoms with Gasteiger partial charge in [-0.2, -0.15) is 0 Å².